The second-order valence-corrected chi connectivity index (χ2v) is 5.76. The number of carbonyl (C=O) groups is 2. The van der Waals surface area contributed by atoms with E-state index in [-0.39, 0.29) is 28.3 Å². The maximum atomic E-state index is 12.4. The van der Waals surface area contributed by atoms with Crippen LogP contribution in [0.1, 0.15) is 16.1 Å². The van der Waals surface area contributed by atoms with E-state index in [2.05, 4.69) is 10.1 Å². The van der Waals surface area contributed by atoms with Gasteiger partial charge in [-0.1, -0.05) is 53.5 Å². The third-order valence-electron chi connectivity index (χ3n) is 3.25. The lowest BCUT2D eigenvalue weighted by Crippen LogP contribution is -2.21. The van der Waals surface area contributed by atoms with Crippen LogP contribution >= 0.6 is 23.2 Å². The van der Waals surface area contributed by atoms with Crippen molar-refractivity contribution in [1.82, 2.24) is 14.8 Å². The first-order valence-electron chi connectivity index (χ1n) is 7.18. The molecule has 0 unspecified atom stereocenters. The van der Waals surface area contributed by atoms with Crippen LogP contribution in [-0.4, -0.2) is 26.5 Å². The van der Waals surface area contributed by atoms with Gasteiger partial charge in [0.2, 0.25) is 0 Å². The summed E-state index contributed by atoms with van der Waals surface area (Å²) in [4.78, 5) is 28.6. The highest BCUT2D eigenvalue weighted by molar-refractivity contribution is 6.41. The highest BCUT2D eigenvalue weighted by Crippen LogP contribution is 2.21. The largest absolute Gasteiger partial charge is 0.455 e. The van der Waals surface area contributed by atoms with E-state index >= 15 is 0 Å². The van der Waals surface area contributed by atoms with Crippen molar-refractivity contribution in [1.29, 1.82) is 0 Å². The standard InChI is InChI=1S/C17H11Cl2N3O3/c18-12-7-4-8-20-16(12)22-13(9-14(19)21-22)15(23)17(24)25-10-11-5-2-1-3-6-11/h1-9H,10H2. The van der Waals surface area contributed by atoms with Crippen molar-refractivity contribution >= 4 is 35.0 Å². The van der Waals surface area contributed by atoms with Crippen LogP contribution in [0.15, 0.2) is 54.7 Å². The Kier molecular flexibility index (Phi) is 5.11. The normalized spacial score (nSPS) is 10.5. The van der Waals surface area contributed by atoms with Gasteiger partial charge in [-0.25, -0.2) is 14.5 Å². The number of hydrogen-bond acceptors (Lipinski definition) is 5. The number of benzene rings is 1. The first-order chi connectivity index (χ1) is 12.1. The summed E-state index contributed by atoms with van der Waals surface area (Å²) in [5, 5.41) is 4.26. The van der Waals surface area contributed by atoms with E-state index in [4.69, 9.17) is 27.9 Å². The molecule has 3 aromatic rings. The third-order valence-corrected chi connectivity index (χ3v) is 3.73. The maximum Gasteiger partial charge on any atom is 0.381 e. The van der Waals surface area contributed by atoms with Gasteiger partial charge in [0, 0.05) is 12.3 Å². The predicted molar refractivity (Wildman–Crippen MR) is 91.9 cm³/mol. The molecule has 0 saturated heterocycles. The SMILES string of the molecule is O=C(OCc1ccccc1)C(=O)c1cc(Cl)nn1-c1ncccc1Cl. The number of ether oxygens (including phenoxy) is 1. The number of halogens is 2. The van der Waals surface area contributed by atoms with Crippen molar-refractivity contribution in [2.45, 2.75) is 6.61 Å². The van der Waals surface area contributed by atoms with E-state index in [9.17, 15) is 9.59 Å². The van der Waals surface area contributed by atoms with Gasteiger partial charge in [0.15, 0.2) is 11.0 Å². The highest BCUT2D eigenvalue weighted by atomic mass is 35.5. The van der Waals surface area contributed by atoms with E-state index < -0.39 is 11.8 Å². The molecule has 0 atom stereocenters. The van der Waals surface area contributed by atoms with Gasteiger partial charge in [-0.05, 0) is 17.7 Å². The summed E-state index contributed by atoms with van der Waals surface area (Å²) in [7, 11) is 0. The van der Waals surface area contributed by atoms with Gasteiger partial charge in [0.05, 0.1) is 5.02 Å². The van der Waals surface area contributed by atoms with Crippen LogP contribution in [0, 0.1) is 0 Å². The molecule has 6 nitrogen and oxygen atoms in total. The smallest absolute Gasteiger partial charge is 0.381 e. The zero-order valence-corrected chi connectivity index (χ0v) is 14.2. The summed E-state index contributed by atoms with van der Waals surface area (Å²) in [6, 6.07) is 13.5. The zero-order valence-electron chi connectivity index (χ0n) is 12.7. The molecule has 126 valence electrons. The number of rotatable bonds is 5. The molecule has 0 fully saturated rings. The van der Waals surface area contributed by atoms with Crippen molar-refractivity contribution in [3.8, 4) is 5.82 Å². The molecule has 0 N–H and O–H groups in total. The van der Waals surface area contributed by atoms with Crippen molar-refractivity contribution in [2.75, 3.05) is 0 Å². The molecule has 0 aliphatic heterocycles. The quantitative estimate of drug-likeness (QED) is 0.387. The number of nitrogens with zero attached hydrogens (tertiary/aromatic N) is 3. The van der Waals surface area contributed by atoms with E-state index in [0.717, 1.165) is 10.2 Å². The highest BCUT2D eigenvalue weighted by Gasteiger charge is 2.25. The Morgan fingerprint density at radius 3 is 2.56 bits per heavy atom. The van der Waals surface area contributed by atoms with Crippen LogP contribution in [-0.2, 0) is 16.1 Å². The van der Waals surface area contributed by atoms with E-state index in [1.165, 1.54) is 12.3 Å². The number of aromatic nitrogens is 3. The van der Waals surface area contributed by atoms with Crippen molar-refractivity contribution in [3.63, 3.8) is 0 Å². The molecule has 0 amide bonds. The molecule has 0 aliphatic rings. The molecule has 8 heteroatoms. The van der Waals surface area contributed by atoms with Crippen LogP contribution in [0.3, 0.4) is 0 Å². The lowest BCUT2D eigenvalue weighted by atomic mass is 10.2. The Labute approximate surface area is 153 Å². The van der Waals surface area contributed by atoms with Gasteiger partial charge < -0.3 is 4.74 Å². The average molecular weight is 376 g/mol. The Bertz CT molecular complexity index is 926. The van der Waals surface area contributed by atoms with Crippen molar-refractivity contribution in [2.24, 2.45) is 0 Å². The van der Waals surface area contributed by atoms with Gasteiger partial charge in [0.1, 0.15) is 12.3 Å². The van der Waals surface area contributed by atoms with Gasteiger partial charge in [0.25, 0.3) is 5.78 Å². The molecule has 0 spiro atoms. The lowest BCUT2D eigenvalue weighted by molar-refractivity contribution is -0.139. The molecular weight excluding hydrogens is 365 g/mol. The van der Waals surface area contributed by atoms with Crippen LogP contribution in [0.5, 0.6) is 0 Å². The Morgan fingerprint density at radius 1 is 1.08 bits per heavy atom. The van der Waals surface area contributed by atoms with Crippen LogP contribution < -0.4 is 0 Å². The molecule has 1 aromatic carbocycles. The number of pyridine rings is 1. The molecular formula is C17H11Cl2N3O3. The minimum absolute atomic E-state index is 0.0162. The summed E-state index contributed by atoms with van der Waals surface area (Å²) >= 11 is 12.0. The van der Waals surface area contributed by atoms with E-state index in [1.54, 1.807) is 24.3 Å². The monoisotopic (exact) mass is 375 g/mol. The number of carbonyl (C=O) groups excluding carboxylic acids is 2. The number of ketones is 1. The zero-order chi connectivity index (χ0) is 17.8. The number of hydrogen-bond donors (Lipinski definition) is 0. The Morgan fingerprint density at radius 2 is 1.84 bits per heavy atom. The Hall–Kier alpha value is -2.70. The average Bonchev–Trinajstić information content (AvgIpc) is 3.01. The lowest BCUT2D eigenvalue weighted by Gasteiger charge is -2.07. The molecule has 3 rings (SSSR count). The van der Waals surface area contributed by atoms with Crippen LogP contribution in [0.4, 0.5) is 0 Å². The van der Waals surface area contributed by atoms with E-state index in [0.29, 0.717) is 0 Å². The summed E-state index contributed by atoms with van der Waals surface area (Å²) in [5.41, 5.74) is 0.687. The summed E-state index contributed by atoms with van der Waals surface area (Å²) < 4.78 is 6.17. The van der Waals surface area contributed by atoms with Crippen molar-refractivity contribution < 1.29 is 14.3 Å². The summed E-state index contributed by atoms with van der Waals surface area (Å²) in [5.74, 6) is -1.72. The summed E-state index contributed by atoms with van der Waals surface area (Å²) in [6.45, 7) is -0.0162. The fourth-order valence-corrected chi connectivity index (χ4v) is 2.48. The fourth-order valence-electron chi connectivity index (χ4n) is 2.10. The minimum Gasteiger partial charge on any atom is -0.455 e. The molecule has 2 aromatic heterocycles. The van der Waals surface area contributed by atoms with Gasteiger partial charge >= 0.3 is 5.97 Å². The molecule has 25 heavy (non-hydrogen) atoms. The molecule has 2 heterocycles. The fraction of sp³-hybridized carbons (Fsp3) is 0.0588. The number of Topliss-reactive ketones (excluding diaryl/α,β-unsaturated/α-hetero) is 1. The maximum absolute atomic E-state index is 12.4. The molecule has 0 radical (unpaired) electrons. The van der Waals surface area contributed by atoms with Gasteiger partial charge in [-0.2, -0.15) is 5.10 Å². The molecule has 0 saturated carbocycles. The topological polar surface area (TPSA) is 74.1 Å². The minimum atomic E-state index is -1.02. The molecule has 0 bridgehead atoms. The van der Waals surface area contributed by atoms with Gasteiger partial charge in [-0.3, -0.25) is 4.79 Å². The second kappa shape index (κ2) is 7.46. The first-order valence-corrected chi connectivity index (χ1v) is 7.93. The number of esters is 1. The second-order valence-electron chi connectivity index (χ2n) is 4.96. The third kappa shape index (κ3) is 3.87. The first kappa shape index (κ1) is 17.1. The molecule has 0 aliphatic carbocycles. The van der Waals surface area contributed by atoms with Gasteiger partial charge in [-0.15, -0.1) is 0 Å². The summed E-state index contributed by atoms with van der Waals surface area (Å²) in [6.07, 6.45) is 1.48. The van der Waals surface area contributed by atoms with Crippen molar-refractivity contribution in [3.05, 3.63) is 76.2 Å². The predicted octanol–water partition coefficient (Wildman–Crippen LogP) is 3.50. The van der Waals surface area contributed by atoms with Crippen LogP contribution in [0.2, 0.25) is 10.2 Å². The van der Waals surface area contributed by atoms with E-state index in [1.807, 2.05) is 18.2 Å². The Balaban J connectivity index is 1.83. The van der Waals surface area contributed by atoms with Crippen LogP contribution in [0.25, 0.3) is 5.82 Å².